The molecule has 1 aliphatic heterocycles. The van der Waals surface area contributed by atoms with E-state index in [1.165, 1.54) is 25.6 Å². The van der Waals surface area contributed by atoms with Gasteiger partial charge >= 0.3 is 11.9 Å². The molecule has 7 nitrogen and oxygen atoms in total. The highest BCUT2D eigenvalue weighted by atomic mass is 32.1. The van der Waals surface area contributed by atoms with Crippen molar-refractivity contribution in [3.63, 3.8) is 0 Å². The van der Waals surface area contributed by atoms with Crippen molar-refractivity contribution < 1.29 is 19.1 Å². The molecule has 0 saturated heterocycles. The average Bonchev–Trinajstić information content (AvgIpc) is 3.50. The highest BCUT2D eigenvalue weighted by Gasteiger charge is 2.43. The number of allylic oxidation sites excluding steroid dienone is 1. The zero-order valence-corrected chi connectivity index (χ0v) is 16.8. The van der Waals surface area contributed by atoms with Gasteiger partial charge in [0.1, 0.15) is 11.9 Å². The lowest BCUT2D eigenvalue weighted by molar-refractivity contribution is -0.137. The number of benzene rings is 1. The highest BCUT2D eigenvalue weighted by Crippen LogP contribution is 2.48. The zero-order valence-electron chi connectivity index (χ0n) is 15.9. The summed E-state index contributed by atoms with van der Waals surface area (Å²) >= 11 is 1.39. The van der Waals surface area contributed by atoms with Gasteiger partial charge in [-0.25, -0.2) is 9.59 Å². The first-order valence-electron chi connectivity index (χ1n) is 9.09. The molecule has 2 aliphatic rings. The third kappa shape index (κ3) is 3.04. The molecular weight excluding hydrogens is 390 g/mol. The van der Waals surface area contributed by atoms with E-state index >= 15 is 0 Å². The van der Waals surface area contributed by atoms with Crippen molar-refractivity contribution in [1.29, 1.82) is 5.26 Å². The molecule has 0 amide bonds. The van der Waals surface area contributed by atoms with Gasteiger partial charge in [0, 0.05) is 5.70 Å². The second-order valence-electron chi connectivity index (χ2n) is 6.96. The number of esters is 2. The summed E-state index contributed by atoms with van der Waals surface area (Å²) in [4.78, 5) is 25.5. The van der Waals surface area contributed by atoms with E-state index in [4.69, 9.17) is 15.2 Å². The number of thiophene rings is 1. The Balaban J connectivity index is 2.01. The molecule has 1 fully saturated rings. The van der Waals surface area contributed by atoms with Crippen LogP contribution in [0, 0.1) is 17.2 Å². The second-order valence-corrected chi connectivity index (χ2v) is 7.83. The van der Waals surface area contributed by atoms with Crippen LogP contribution < -0.4 is 11.1 Å². The van der Waals surface area contributed by atoms with Gasteiger partial charge in [-0.3, -0.25) is 0 Å². The lowest BCUT2D eigenvalue weighted by atomic mass is 9.80. The standard InChI is InChI=1S/C21H19N3O4S/c1-27-20(25)15-14(13-9-29-18-11(8-22)4-3-5-12(13)18)16(21(26)28-2)19(23)24-17(15)10-6-7-10/h3-5,9-10,14,24H,6-7,23H2,1-2H3. The Morgan fingerprint density at radius 3 is 2.52 bits per heavy atom. The molecule has 0 spiro atoms. The van der Waals surface area contributed by atoms with Gasteiger partial charge in [-0.05, 0) is 41.2 Å². The quantitative estimate of drug-likeness (QED) is 0.746. The van der Waals surface area contributed by atoms with Crippen molar-refractivity contribution in [2.45, 2.75) is 18.8 Å². The summed E-state index contributed by atoms with van der Waals surface area (Å²) in [7, 11) is 2.59. The van der Waals surface area contributed by atoms with Gasteiger partial charge in [-0.15, -0.1) is 11.3 Å². The molecule has 1 aromatic heterocycles. The maximum atomic E-state index is 12.9. The van der Waals surface area contributed by atoms with Crippen molar-refractivity contribution in [3.05, 3.63) is 57.4 Å². The van der Waals surface area contributed by atoms with Crippen LogP contribution >= 0.6 is 11.3 Å². The second kappa shape index (κ2) is 7.26. The van der Waals surface area contributed by atoms with Gasteiger partial charge in [0.25, 0.3) is 0 Å². The van der Waals surface area contributed by atoms with Gasteiger partial charge in [-0.2, -0.15) is 5.26 Å². The Morgan fingerprint density at radius 1 is 1.21 bits per heavy atom. The molecule has 29 heavy (non-hydrogen) atoms. The molecule has 8 heteroatoms. The number of hydrogen-bond acceptors (Lipinski definition) is 8. The number of nitrogens with zero attached hydrogens (tertiary/aromatic N) is 1. The summed E-state index contributed by atoms with van der Waals surface area (Å²) in [6.45, 7) is 0. The zero-order chi connectivity index (χ0) is 20.7. The number of carbonyl (C=O) groups excluding carboxylic acids is 2. The van der Waals surface area contributed by atoms with Crippen LogP contribution in [0.5, 0.6) is 0 Å². The number of nitrogens with two attached hydrogens (primary N) is 1. The normalized spacial score (nSPS) is 19.0. The van der Waals surface area contributed by atoms with E-state index in [0.717, 1.165) is 28.5 Å². The minimum absolute atomic E-state index is 0.166. The number of rotatable bonds is 4. The topological polar surface area (TPSA) is 114 Å². The SMILES string of the molecule is COC(=O)C1=C(N)NC(C2CC2)=C(C(=O)OC)C1c1csc2c(C#N)cccc12. The van der Waals surface area contributed by atoms with E-state index in [1.807, 2.05) is 11.4 Å². The van der Waals surface area contributed by atoms with Crippen LogP contribution in [0.1, 0.15) is 29.9 Å². The first-order valence-corrected chi connectivity index (χ1v) is 9.97. The molecule has 2 heterocycles. The number of ether oxygens (including phenoxy) is 2. The molecule has 148 valence electrons. The number of methoxy groups -OCH3 is 2. The van der Waals surface area contributed by atoms with E-state index in [9.17, 15) is 14.9 Å². The van der Waals surface area contributed by atoms with Crippen molar-refractivity contribution in [2.24, 2.45) is 11.7 Å². The first-order chi connectivity index (χ1) is 14.0. The van der Waals surface area contributed by atoms with E-state index in [0.29, 0.717) is 16.8 Å². The van der Waals surface area contributed by atoms with Crippen molar-refractivity contribution in [1.82, 2.24) is 5.32 Å². The van der Waals surface area contributed by atoms with Crippen molar-refractivity contribution >= 4 is 33.4 Å². The maximum absolute atomic E-state index is 12.9. The van der Waals surface area contributed by atoms with Crippen LogP contribution in [0.15, 0.2) is 46.2 Å². The third-order valence-corrected chi connectivity index (χ3v) is 6.33. The van der Waals surface area contributed by atoms with Crippen LogP contribution in [-0.4, -0.2) is 26.2 Å². The maximum Gasteiger partial charge on any atom is 0.338 e. The van der Waals surface area contributed by atoms with Gasteiger partial charge in [0.15, 0.2) is 0 Å². The van der Waals surface area contributed by atoms with Crippen LogP contribution in [0.25, 0.3) is 10.1 Å². The fourth-order valence-electron chi connectivity index (χ4n) is 3.80. The minimum Gasteiger partial charge on any atom is -0.466 e. The highest BCUT2D eigenvalue weighted by molar-refractivity contribution is 7.17. The summed E-state index contributed by atoms with van der Waals surface area (Å²) in [6, 6.07) is 7.59. The summed E-state index contributed by atoms with van der Waals surface area (Å²) in [5.41, 5.74) is 8.74. The fraction of sp³-hybridized carbons (Fsp3) is 0.286. The van der Waals surface area contributed by atoms with Crippen molar-refractivity contribution in [3.8, 4) is 6.07 Å². The summed E-state index contributed by atoms with van der Waals surface area (Å²) < 4.78 is 10.9. The van der Waals surface area contributed by atoms with E-state index in [-0.39, 0.29) is 17.3 Å². The number of nitriles is 1. The van der Waals surface area contributed by atoms with Gasteiger partial charge in [0.05, 0.1) is 41.5 Å². The van der Waals surface area contributed by atoms with Crippen LogP contribution in [0.2, 0.25) is 0 Å². The fourth-order valence-corrected chi connectivity index (χ4v) is 4.87. The van der Waals surface area contributed by atoms with Gasteiger partial charge < -0.3 is 20.5 Å². The molecule has 3 N–H and O–H groups in total. The molecular formula is C21H19N3O4S. The van der Waals surface area contributed by atoms with Crippen LogP contribution in [-0.2, 0) is 19.1 Å². The predicted octanol–water partition coefficient (Wildman–Crippen LogP) is 2.64. The minimum atomic E-state index is -0.741. The van der Waals surface area contributed by atoms with Crippen LogP contribution in [0.3, 0.4) is 0 Å². The largest absolute Gasteiger partial charge is 0.466 e. The molecule has 4 rings (SSSR count). The number of carbonyl (C=O) groups is 2. The average molecular weight is 409 g/mol. The van der Waals surface area contributed by atoms with Crippen LogP contribution in [0.4, 0.5) is 0 Å². The lowest BCUT2D eigenvalue weighted by Gasteiger charge is -2.30. The first kappa shape index (κ1) is 19.0. The molecule has 1 saturated carbocycles. The molecule has 0 radical (unpaired) electrons. The smallest absolute Gasteiger partial charge is 0.338 e. The Labute approximate surface area is 171 Å². The van der Waals surface area contributed by atoms with Gasteiger partial charge in [-0.1, -0.05) is 12.1 Å². The predicted molar refractivity (Wildman–Crippen MR) is 107 cm³/mol. The summed E-state index contributed by atoms with van der Waals surface area (Å²) in [5, 5.41) is 15.2. The van der Waals surface area contributed by atoms with Crippen molar-refractivity contribution in [2.75, 3.05) is 14.2 Å². The van der Waals surface area contributed by atoms with E-state index < -0.39 is 17.9 Å². The van der Waals surface area contributed by atoms with Gasteiger partial charge in [0.2, 0.25) is 0 Å². The molecule has 1 aromatic carbocycles. The Hall–Kier alpha value is -3.31. The summed E-state index contributed by atoms with van der Waals surface area (Å²) in [6.07, 6.45) is 1.86. The lowest BCUT2D eigenvalue weighted by Crippen LogP contribution is -2.37. The number of nitrogens with one attached hydrogen (secondary N) is 1. The molecule has 2 aromatic rings. The number of fused-ring (bicyclic) bond motifs is 1. The number of dihydropyridines is 1. The Morgan fingerprint density at radius 2 is 1.90 bits per heavy atom. The Bertz CT molecular complexity index is 1130. The third-order valence-electron chi connectivity index (χ3n) is 5.28. The molecule has 1 atom stereocenters. The monoisotopic (exact) mass is 409 g/mol. The molecule has 1 aliphatic carbocycles. The summed E-state index contributed by atoms with van der Waals surface area (Å²) in [5.74, 6) is -1.54. The molecule has 0 bridgehead atoms. The Kier molecular flexibility index (Phi) is 4.76. The molecule has 1 unspecified atom stereocenters. The number of hydrogen-bond donors (Lipinski definition) is 2. The van der Waals surface area contributed by atoms with E-state index in [2.05, 4.69) is 11.4 Å². The van der Waals surface area contributed by atoms with E-state index in [1.54, 1.807) is 12.1 Å².